The van der Waals surface area contributed by atoms with E-state index in [1.807, 2.05) is 24.3 Å². The van der Waals surface area contributed by atoms with Gasteiger partial charge in [0.2, 0.25) is 0 Å². The first-order chi connectivity index (χ1) is 6.72. The van der Waals surface area contributed by atoms with E-state index in [1.165, 1.54) is 5.56 Å². The van der Waals surface area contributed by atoms with Crippen molar-refractivity contribution in [3.63, 3.8) is 0 Å². The van der Waals surface area contributed by atoms with Crippen molar-refractivity contribution in [1.82, 2.24) is 0 Å². The second-order valence-electron chi connectivity index (χ2n) is 3.48. The maximum atomic E-state index is 5.95. The molecular formula is C12H14N2. The molecular weight excluding hydrogens is 172 g/mol. The van der Waals surface area contributed by atoms with Gasteiger partial charge in [0, 0.05) is 22.1 Å². The van der Waals surface area contributed by atoms with Gasteiger partial charge in [-0.05, 0) is 30.2 Å². The molecule has 2 rings (SSSR count). The molecule has 2 aromatic rings. The van der Waals surface area contributed by atoms with Crippen molar-refractivity contribution in [2.45, 2.75) is 13.3 Å². The minimum Gasteiger partial charge on any atom is -0.398 e. The standard InChI is InChI=1S/C12H14N2/c1-2-8-6-10-9(12(14)7-8)4-3-5-11(10)13/h3-7H,2,13-14H2,1H3. The van der Waals surface area contributed by atoms with Crippen molar-refractivity contribution in [2.24, 2.45) is 0 Å². The third kappa shape index (κ3) is 1.29. The summed E-state index contributed by atoms with van der Waals surface area (Å²) in [6.07, 6.45) is 0.981. The molecule has 0 aromatic heterocycles. The van der Waals surface area contributed by atoms with Gasteiger partial charge >= 0.3 is 0 Å². The van der Waals surface area contributed by atoms with Crippen LogP contribution in [0, 0.1) is 0 Å². The highest BCUT2D eigenvalue weighted by molar-refractivity contribution is 6.00. The first-order valence-corrected chi connectivity index (χ1v) is 4.79. The zero-order valence-electron chi connectivity index (χ0n) is 8.25. The minimum absolute atomic E-state index is 0.796. The van der Waals surface area contributed by atoms with Gasteiger partial charge < -0.3 is 11.5 Å². The van der Waals surface area contributed by atoms with Gasteiger partial charge in [-0.2, -0.15) is 0 Å². The number of nitrogens with two attached hydrogens (primary N) is 2. The van der Waals surface area contributed by atoms with Gasteiger partial charge in [0.15, 0.2) is 0 Å². The number of rotatable bonds is 1. The van der Waals surface area contributed by atoms with Crippen molar-refractivity contribution in [2.75, 3.05) is 11.5 Å². The summed E-state index contributed by atoms with van der Waals surface area (Å²) < 4.78 is 0. The van der Waals surface area contributed by atoms with Crippen molar-refractivity contribution in [3.8, 4) is 0 Å². The summed E-state index contributed by atoms with van der Waals surface area (Å²) >= 11 is 0. The van der Waals surface area contributed by atoms with E-state index in [9.17, 15) is 0 Å². The molecule has 0 aliphatic carbocycles. The monoisotopic (exact) mass is 186 g/mol. The van der Waals surface area contributed by atoms with E-state index in [1.54, 1.807) is 0 Å². The fraction of sp³-hybridized carbons (Fsp3) is 0.167. The van der Waals surface area contributed by atoms with E-state index in [-0.39, 0.29) is 0 Å². The van der Waals surface area contributed by atoms with E-state index in [0.29, 0.717) is 0 Å². The minimum atomic E-state index is 0.796. The molecule has 72 valence electrons. The van der Waals surface area contributed by atoms with Crippen LogP contribution in [0.3, 0.4) is 0 Å². The lowest BCUT2D eigenvalue weighted by Gasteiger charge is -2.07. The normalized spacial score (nSPS) is 10.6. The number of hydrogen-bond donors (Lipinski definition) is 2. The number of hydrogen-bond acceptors (Lipinski definition) is 2. The molecule has 2 nitrogen and oxygen atoms in total. The summed E-state index contributed by atoms with van der Waals surface area (Å²) in [4.78, 5) is 0. The summed E-state index contributed by atoms with van der Waals surface area (Å²) in [6, 6.07) is 9.96. The van der Waals surface area contributed by atoms with E-state index in [4.69, 9.17) is 11.5 Å². The average Bonchev–Trinajstić information content (AvgIpc) is 2.19. The molecule has 2 heteroatoms. The van der Waals surface area contributed by atoms with Gasteiger partial charge in [0.05, 0.1) is 0 Å². The molecule has 0 saturated carbocycles. The second-order valence-corrected chi connectivity index (χ2v) is 3.48. The average molecular weight is 186 g/mol. The summed E-state index contributed by atoms with van der Waals surface area (Å²) in [5, 5.41) is 2.10. The zero-order valence-corrected chi connectivity index (χ0v) is 8.25. The Bertz CT molecular complexity index is 475. The van der Waals surface area contributed by atoms with Crippen LogP contribution in [0.15, 0.2) is 30.3 Å². The summed E-state index contributed by atoms with van der Waals surface area (Å²) in [5.41, 5.74) is 14.7. The van der Waals surface area contributed by atoms with Gasteiger partial charge in [0.1, 0.15) is 0 Å². The van der Waals surface area contributed by atoms with Gasteiger partial charge in [-0.3, -0.25) is 0 Å². The molecule has 0 aliphatic rings. The zero-order chi connectivity index (χ0) is 10.1. The fourth-order valence-corrected chi connectivity index (χ4v) is 1.70. The van der Waals surface area contributed by atoms with Crippen LogP contribution in [0.1, 0.15) is 12.5 Å². The maximum Gasteiger partial charge on any atom is 0.0397 e. The molecule has 4 N–H and O–H groups in total. The highest BCUT2D eigenvalue weighted by atomic mass is 14.6. The van der Waals surface area contributed by atoms with Crippen LogP contribution < -0.4 is 11.5 Å². The summed E-state index contributed by atoms with van der Waals surface area (Å²) in [7, 11) is 0. The third-order valence-electron chi connectivity index (χ3n) is 2.53. The van der Waals surface area contributed by atoms with E-state index in [0.717, 1.165) is 28.6 Å². The summed E-state index contributed by atoms with van der Waals surface area (Å²) in [6.45, 7) is 2.11. The molecule has 0 aliphatic heterocycles. The van der Waals surface area contributed by atoms with E-state index in [2.05, 4.69) is 13.0 Å². The first-order valence-electron chi connectivity index (χ1n) is 4.79. The van der Waals surface area contributed by atoms with Crippen molar-refractivity contribution >= 4 is 22.1 Å². The second kappa shape index (κ2) is 3.22. The molecule has 0 unspecified atom stereocenters. The lowest BCUT2D eigenvalue weighted by atomic mass is 10.0. The van der Waals surface area contributed by atoms with Gasteiger partial charge in [0.25, 0.3) is 0 Å². The van der Waals surface area contributed by atoms with Crippen LogP contribution in [-0.2, 0) is 6.42 Å². The molecule has 0 bridgehead atoms. The van der Waals surface area contributed by atoms with Gasteiger partial charge in [-0.25, -0.2) is 0 Å². The Morgan fingerprint density at radius 2 is 1.79 bits per heavy atom. The highest BCUT2D eigenvalue weighted by Gasteiger charge is 2.02. The van der Waals surface area contributed by atoms with Crippen LogP contribution in [0.2, 0.25) is 0 Å². The van der Waals surface area contributed by atoms with Gasteiger partial charge in [-0.1, -0.05) is 19.1 Å². The molecule has 0 spiro atoms. The van der Waals surface area contributed by atoms with E-state index < -0.39 is 0 Å². The van der Waals surface area contributed by atoms with Crippen LogP contribution >= 0.6 is 0 Å². The Balaban J connectivity index is 2.83. The summed E-state index contributed by atoms with van der Waals surface area (Å²) in [5.74, 6) is 0. The lowest BCUT2D eigenvalue weighted by molar-refractivity contribution is 1.15. The molecule has 14 heavy (non-hydrogen) atoms. The topological polar surface area (TPSA) is 52.0 Å². The van der Waals surface area contributed by atoms with Crippen LogP contribution in [-0.4, -0.2) is 0 Å². The molecule has 0 amide bonds. The van der Waals surface area contributed by atoms with Crippen molar-refractivity contribution in [3.05, 3.63) is 35.9 Å². The SMILES string of the molecule is CCc1cc(N)c2cccc(N)c2c1. The number of nitrogen functional groups attached to an aromatic ring is 2. The van der Waals surface area contributed by atoms with Crippen LogP contribution in [0.4, 0.5) is 11.4 Å². The third-order valence-corrected chi connectivity index (χ3v) is 2.53. The lowest BCUT2D eigenvalue weighted by Crippen LogP contribution is -1.93. The molecule has 0 radical (unpaired) electrons. The van der Waals surface area contributed by atoms with Crippen LogP contribution in [0.5, 0.6) is 0 Å². The van der Waals surface area contributed by atoms with Crippen LogP contribution in [0.25, 0.3) is 10.8 Å². The predicted octanol–water partition coefficient (Wildman–Crippen LogP) is 2.57. The molecule has 0 saturated heterocycles. The Hall–Kier alpha value is -1.70. The fourth-order valence-electron chi connectivity index (χ4n) is 1.70. The number of aryl methyl sites for hydroxylation is 1. The number of fused-ring (bicyclic) bond motifs is 1. The highest BCUT2D eigenvalue weighted by Crippen LogP contribution is 2.27. The smallest absolute Gasteiger partial charge is 0.0397 e. The number of anilines is 2. The van der Waals surface area contributed by atoms with E-state index >= 15 is 0 Å². The molecule has 0 atom stereocenters. The Kier molecular flexibility index (Phi) is 2.04. The quantitative estimate of drug-likeness (QED) is 0.672. The Labute approximate surface area is 83.5 Å². The van der Waals surface area contributed by atoms with Crippen molar-refractivity contribution < 1.29 is 0 Å². The maximum absolute atomic E-state index is 5.95. The van der Waals surface area contributed by atoms with Crippen molar-refractivity contribution in [1.29, 1.82) is 0 Å². The first kappa shape index (κ1) is 8.88. The predicted molar refractivity (Wildman–Crippen MR) is 62.2 cm³/mol. The van der Waals surface area contributed by atoms with Gasteiger partial charge in [-0.15, -0.1) is 0 Å². The largest absolute Gasteiger partial charge is 0.398 e. The molecule has 0 heterocycles. The molecule has 2 aromatic carbocycles. The number of benzene rings is 2. The Morgan fingerprint density at radius 3 is 2.50 bits per heavy atom. The Morgan fingerprint density at radius 1 is 1.00 bits per heavy atom. The molecule has 0 fully saturated rings.